The van der Waals surface area contributed by atoms with Gasteiger partial charge in [0.15, 0.2) is 0 Å². The minimum atomic E-state index is -0.0585. The van der Waals surface area contributed by atoms with E-state index in [1.165, 1.54) is 11.1 Å². The minimum Gasteiger partial charge on any atom is -0.352 e. The third kappa shape index (κ3) is 2.57. The van der Waals surface area contributed by atoms with Gasteiger partial charge in [-0.1, -0.05) is 12.1 Å². The van der Waals surface area contributed by atoms with Gasteiger partial charge in [0, 0.05) is 29.6 Å². The molecule has 122 valence electrons. The minimum absolute atomic E-state index is 0.0585. The molecule has 0 bridgehead atoms. The molecule has 3 N–H and O–H groups in total. The van der Waals surface area contributed by atoms with E-state index >= 15 is 0 Å². The zero-order valence-corrected chi connectivity index (χ0v) is 13.6. The van der Waals surface area contributed by atoms with Crippen molar-refractivity contribution in [3.63, 3.8) is 0 Å². The van der Waals surface area contributed by atoms with E-state index in [1.54, 1.807) is 0 Å². The van der Waals surface area contributed by atoms with Crippen molar-refractivity contribution < 1.29 is 4.79 Å². The first-order valence-electron chi connectivity index (χ1n) is 8.35. The van der Waals surface area contributed by atoms with Crippen molar-refractivity contribution in [3.8, 4) is 11.3 Å². The zero-order chi connectivity index (χ0) is 16.5. The van der Waals surface area contributed by atoms with Gasteiger partial charge in [0.2, 0.25) is 0 Å². The number of rotatable bonds is 3. The van der Waals surface area contributed by atoms with E-state index in [0.29, 0.717) is 12.1 Å². The quantitative estimate of drug-likeness (QED) is 0.695. The molecule has 4 rings (SSSR count). The molecule has 0 saturated carbocycles. The van der Waals surface area contributed by atoms with Crippen molar-refractivity contribution in [2.24, 2.45) is 0 Å². The Kier molecular flexibility index (Phi) is 3.78. The van der Waals surface area contributed by atoms with Crippen LogP contribution in [0.25, 0.3) is 22.2 Å². The smallest absolute Gasteiger partial charge is 0.251 e. The Morgan fingerprint density at radius 3 is 3.00 bits per heavy atom. The molecule has 2 heterocycles. The van der Waals surface area contributed by atoms with Crippen molar-refractivity contribution in [2.75, 3.05) is 13.1 Å². The number of aromatic amines is 1. The van der Waals surface area contributed by atoms with Crippen LogP contribution in [-0.4, -0.2) is 29.2 Å². The van der Waals surface area contributed by atoms with Gasteiger partial charge >= 0.3 is 0 Å². The number of amides is 1. The summed E-state index contributed by atoms with van der Waals surface area (Å²) in [6.45, 7) is 4.49. The summed E-state index contributed by atoms with van der Waals surface area (Å²) in [5.41, 5.74) is 6.34. The van der Waals surface area contributed by atoms with Gasteiger partial charge in [-0.05, 0) is 55.3 Å². The second-order valence-electron chi connectivity index (χ2n) is 6.10. The van der Waals surface area contributed by atoms with E-state index in [2.05, 4.69) is 39.0 Å². The van der Waals surface area contributed by atoms with Gasteiger partial charge in [-0.3, -0.25) is 9.89 Å². The maximum absolute atomic E-state index is 12.0. The average molecular weight is 320 g/mol. The van der Waals surface area contributed by atoms with Crippen LogP contribution in [0.5, 0.6) is 0 Å². The molecule has 0 unspecified atom stereocenters. The molecule has 3 aromatic rings. The summed E-state index contributed by atoms with van der Waals surface area (Å²) in [6.07, 6.45) is 1.05. The second-order valence-corrected chi connectivity index (χ2v) is 6.10. The van der Waals surface area contributed by atoms with Crippen molar-refractivity contribution in [1.82, 2.24) is 20.8 Å². The van der Waals surface area contributed by atoms with Crippen LogP contribution in [0.15, 0.2) is 36.4 Å². The van der Waals surface area contributed by atoms with Gasteiger partial charge < -0.3 is 10.6 Å². The Bertz CT molecular complexity index is 913. The van der Waals surface area contributed by atoms with E-state index in [9.17, 15) is 4.79 Å². The zero-order valence-electron chi connectivity index (χ0n) is 13.6. The number of hydrogen-bond acceptors (Lipinski definition) is 3. The molecular formula is C19H20N4O. The van der Waals surface area contributed by atoms with E-state index < -0.39 is 0 Å². The Morgan fingerprint density at radius 2 is 2.12 bits per heavy atom. The van der Waals surface area contributed by atoms with Crippen LogP contribution < -0.4 is 10.6 Å². The lowest BCUT2D eigenvalue weighted by Gasteiger charge is -2.17. The van der Waals surface area contributed by atoms with E-state index in [4.69, 9.17) is 0 Å². The fourth-order valence-electron chi connectivity index (χ4n) is 3.27. The van der Waals surface area contributed by atoms with Crippen LogP contribution in [0, 0.1) is 0 Å². The number of hydrogen-bond donors (Lipinski definition) is 3. The maximum atomic E-state index is 12.0. The Morgan fingerprint density at radius 1 is 1.21 bits per heavy atom. The summed E-state index contributed by atoms with van der Waals surface area (Å²) in [6, 6.07) is 12.2. The maximum Gasteiger partial charge on any atom is 0.251 e. The highest BCUT2D eigenvalue weighted by Gasteiger charge is 2.14. The number of nitrogens with zero attached hydrogens (tertiary/aromatic N) is 1. The third-order valence-electron chi connectivity index (χ3n) is 4.53. The number of H-pyrrole nitrogens is 1. The van der Waals surface area contributed by atoms with Gasteiger partial charge in [0.25, 0.3) is 5.91 Å². The molecule has 0 radical (unpaired) electrons. The van der Waals surface area contributed by atoms with Crippen LogP contribution in [0.1, 0.15) is 28.4 Å². The summed E-state index contributed by atoms with van der Waals surface area (Å²) >= 11 is 0. The first kappa shape index (κ1) is 14.9. The van der Waals surface area contributed by atoms with Crippen LogP contribution in [-0.2, 0) is 13.0 Å². The van der Waals surface area contributed by atoms with Gasteiger partial charge in [-0.25, -0.2) is 0 Å². The number of benzene rings is 2. The second kappa shape index (κ2) is 6.09. The van der Waals surface area contributed by atoms with E-state index in [-0.39, 0.29) is 5.91 Å². The highest BCUT2D eigenvalue weighted by Crippen LogP contribution is 2.29. The number of aromatic nitrogens is 2. The van der Waals surface area contributed by atoms with Gasteiger partial charge in [-0.2, -0.15) is 5.10 Å². The lowest BCUT2D eigenvalue weighted by molar-refractivity contribution is 0.0956. The molecule has 1 aliphatic heterocycles. The first-order valence-corrected chi connectivity index (χ1v) is 8.35. The normalized spacial score (nSPS) is 13.7. The molecule has 5 heteroatoms. The van der Waals surface area contributed by atoms with Gasteiger partial charge in [-0.15, -0.1) is 0 Å². The van der Waals surface area contributed by atoms with Crippen molar-refractivity contribution in [3.05, 3.63) is 53.1 Å². The largest absolute Gasteiger partial charge is 0.352 e. The SMILES string of the molecule is CCNC(=O)c1ccc2c(-c3ccc4c(c3)CCNC4)n[nH]c2c1. The molecule has 2 aromatic carbocycles. The fourth-order valence-corrected chi connectivity index (χ4v) is 3.27. The molecule has 1 amide bonds. The molecule has 24 heavy (non-hydrogen) atoms. The number of carbonyl (C=O) groups excluding carboxylic acids is 1. The highest BCUT2D eigenvalue weighted by molar-refractivity contribution is 6.00. The molecule has 0 spiro atoms. The lowest BCUT2D eigenvalue weighted by Crippen LogP contribution is -2.23. The number of carbonyl (C=O) groups is 1. The van der Waals surface area contributed by atoms with Crippen LogP contribution in [0.3, 0.4) is 0 Å². The standard InChI is InChI=1S/C19H20N4O/c1-2-21-19(24)14-5-6-16-17(10-14)22-23-18(16)13-3-4-15-11-20-8-7-12(15)9-13/h3-6,9-10,20H,2,7-8,11H2,1H3,(H,21,24)(H,22,23). The molecule has 1 aliphatic rings. The molecule has 0 aliphatic carbocycles. The summed E-state index contributed by atoms with van der Waals surface area (Å²) in [7, 11) is 0. The fraction of sp³-hybridized carbons (Fsp3) is 0.263. The predicted octanol–water partition coefficient (Wildman–Crippen LogP) is 2.63. The Hall–Kier alpha value is -2.66. The molecule has 0 saturated heterocycles. The monoisotopic (exact) mass is 320 g/mol. The molecule has 5 nitrogen and oxygen atoms in total. The molecular weight excluding hydrogens is 300 g/mol. The van der Waals surface area contributed by atoms with Crippen LogP contribution >= 0.6 is 0 Å². The summed E-state index contributed by atoms with van der Waals surface area (Å²) in [4.78, 5) is 12.0. The topological polar surface area (TPSA) is 69.8 Å². The molecule has 1 aromatic heterocycles. The molecule has 0 atom stereocenters. The number of fused-ring (bicyclic) bond motifs is 2. The van der Waals surface area contributed by atoms with Gasteiger partial charge in [0.1, 0.15) is 0 Å². The summed E-state index contributed by atoms with van der Waals surface area (Å²) < 4.78 is 0. The third-order valence-corrected chi connectivity index (χ3v) is 4.53. The lowest BCUT2D eigenvalue weighted by atomic mass is 9.96. The summed E-state index contributed by atoms with van der Waals surface area (Å²) in [5.74, 6) is -0.0585. The van der Waals surface area contributed by atoms with E-state index in [0.717, 1.165) is 41.7 Å². The first-order chi connectivity index (χ1) is 11.8. The van der Waals surface area contributed by atoms with Crippen LogP contribution in [0.2, 0.25) is 0 Å². The van der Waals surface area contributed by atoms with Crippen molar-refractivity contribution >= 4 is 16.8 Å². The highest BCUT2D eigenvalue weighted by atomic mass is 16.1. The van der Waals surface area contributed by atoms with Gasteiger partial charge in [0.05, 0.1) is 11.2 Å². The predicted molar refractivity (Wildman–Crippen MR) is 94.9 cm³/mol. The number of nitrogens with one attached hydrogen (secondary N) is 3. The van der Waals surface area contributed by atoms with Crippen molar-refractivity contribution in [2.45, 2.75) is 19.9 Å². The summed E-state index contributed by atoms with van der Waals surface area (Å²) in [5, 5.41) is 14.8. The Labute approximate surface area is 140 Å². The average Bonchev–Trinajstić information content (AvgIpc) is 3.04. The Balaban J connectivity index is 1.74. The molecule has 0 fully saturated rings. The van der Waals surface area contributed by atoms with E-state index in [1.807, 2.05) is 25.1 Å². The van der Waals surface area contributed by atoms with Crippen molar-refractivity contribution in [1.29, 1.82) is 0 Å². The van der Waals surface area contributed by atoms with Crippen LogP contribution in [0.4, 0.5) is 0 Å².